The number of carbonyl (C=O) groups excluding carboxylic acids is 1. The molecule has 0 N–H and O–H groups in total. The van der Waals surface area contributed by atoms with Gasteiger partial charge < -0.3 is 14.2 Å². The van der Waals surface area contributed by atoms with Crippen LogP contribution in [0, 0.1) is 0 Å². The molecule has 1 unspecified atom stereocenters. The van der Waals surface area contributed by atoms with Crippen molar-refractivity contribution in [3.8, 4) is 5.75 Å². The van der Waals surface area contributed by atoms with Crippen LogP contribution in [0.4, 0.5) is 5.69 Å². The topological polar surface area (TPSA) is 47.4 Å². The molecule has 36 heavy (non-hydrogen) atoms. The molecule has 6 rings (SSSR count). The predicted octanol–water partition coefficient (Wildman–Crippen LogP) is 6.83. The number of ether oxygens (including phenoxy) is 1. The molecule has 1 fully saturated rings. The first-order chi connectivity index (χ1) is 17.7. The molecular formula is C30H26ClN3O2. The number of hydrogen-bond donors (Lipinski definition) is 0. The summed E-state index contributed by atoms with van der Waals surface area (Å²) >= 11 is 6.23. The van der Waals surface area contributed by atoms with Gasteiger partial charge in [0.25, 0.3) is 0 Å². The maximum atomic E-state index is 13.2. The Balaban J connectivity index is 1.26. The van der Waals surface area contributed by atoms with Crippen LogP contribution in [-0.4, -0.2) is 28.6 Å². The number of fused-ring (bicyclic) bond motifs is 2. The van der Waals surface area contributed by atoms with E-state index in [0.717, 1.165) is 46.3 Å². The lowest BCUT2D eigenvalue weighted by molar-refractivity contribution is -0.117. The lowest BCUT2D eigenvalue weighted by Gasteiger charge is -2.19. The number of para-hydroxylation sites is 3. The standard InChI is InChI=1S/C30H26ClN3O2/c31-24-12-3-6-16-28(24)36-18-8-17-33-27-14-5-4-13-25(27)32-30(33)22-19-29(35)34(20-22)26-15-7-10-21-9-1-2-11-23(21)26/h1-7,9-16,22H,8,17-20H2. The van der Waals surface area contributed by atoms with E-state index in [9.17, 15) is 4.79 Å². The number of carbonyl (C=O) groups is 1. The Kier molecular flexibility index (Phi) is 6.08. The normalized spacial score (nSPS) is 15.8. The minimum atomic E-state index is 0.0216. The van der Waals surface area contributed by atoms with Crippen LogP contribution in [0.3, 0.4) is 0 Å². The van der Waals surface area contributed by atoms with Crippen LogP contribution in [0.25, 0.3) is 21.8 Å². The number of nitrogens with zero attached hydrogens (tertiary/aromatic N) is 3. The third-order valence-electron chi connectivity index (χ3n) is 6.85. The van der Waals surface area contributed by atoms with Gasteiger partial charge in [0.1, 0.15) is 11.6 Å². The average Bonchev–Trinajstić information content (AvgIpc) is 3.47. The maximum absolute atomic E-state index is 13.2. The van der Waals surface area contributed by atoms with Crippen LogP contribution in [0.5, 0.6) is 5.75 Å². The van der Waals surface area contributed by atoms with E-state index in [1.54, 1.807) is 0 Å². The third kappa shape index (κ3) is 4.20. The van der Waals surface area contributed by atoms with Crippen LogP contribution < -0.4 is 9.64 Å². The van der Waals surface area contributed by atoms with Gasteiger partial charge in [-0.1, -0.05) is 72.3 Å². The van der Waals surface area contributed by atoms with E-state index >= 15 is 0 Å². The number of halogens is 1. The summed E-state index contributed by atoms with van der Waals surface area (Å²) in [5.74, 6) is 1.82. The molecule has 0 radical (unpaired) electrons. The highest BCUT2D eigenvalue weighted by molar-refractivity contribution is 6.32. The Hall–Kier alpha value is -3.83. The van der Waals surface area contributed by atoms with Crippen molar-refractivity contribution in [3.05, 3.63) is 102 Å². The zero-order chi connectivity index (χ0) is 24.5. The average molecular weight is 496 g/mol. The number of benzene rings is 4. The lowest BCUT2D eigenvalue weighted by atomic mass is 10.1. The Bertz CT molecular complexity index is 1560. The van der Waals surface area contributed by atoms with E-state index in [-0.39, 0.29) is 11.8 Å². The van der Waals surface area contributed by atoms with Gasteiger partial charge in [-0.3, -0.25) is 4.79 Å². The quantitative estimate of drug-likeness (QED) is 0.232. The van der Waals surface area contributed by atoms with E-state index in [2.05, 4.69) is 28.8 Å². The number of amides is 1. The second-order valence-corrected chi connectivity index (χ2v) is 9.55. The summed E-state index contributed by atoms with van der Waals surface area (Å²) in [6.07, 6.45) is 1.24. The zero-order valence-electron chi connectivity index (χ0n) is 19.8. The van der Waals surface area contributed by atoms with Gasteiger partial charge in [-0.15, -0.1) is 0 Å². The van der Waals surface area contributed by atoms with Crippen LogP contribution in [0.1, 0.15) is 24.6 Å². The SMILES string of the molecule is O=C1CC(c2nc3ccccc3n2CCCOc2ccccc2Cl)CN1c1cccc2ccccc12. The van der Waals surface area contributed by atoms with Crippen molar-refractivity contribution in [2.45, 2.75) is 25.3 Å². The van der Waals surface area contributed by atoms with Crippen molar-refractivity contribution in [1.82, 2.24) is 9.55 Å². The summed E-state index contributed by atoms with van der Waals surface area (Å²) < 4.78 is 8.18. The molecule has 1 aromatic heterocycles. The molecule has 0 saturated carbocycles. The highest BCUT2D eigenvalue weighted by atomic mass is 35.5. The van der Waals surface area contributed by atoms with E-state index in [1.807, 2.05) is 71.6 Å². The van der Waals surface area contributed by atoms with E-state index in [1.165, 1.54) is 0 Å². The van der Waals surface area contributed by atoms with Crippen molar-refractivity contribution < 1.29 is 9.53 Å². The highest BCUT2D eigenvalue weighted by Crippen LogP contribution is 2.36. The van der Waals surface area contributed by atoms with Crippen molar-refractivity contribution >= 4 is 45.0 Å². The molecule has 0 spiro atoms. The number of rotatable bonds is 7. The van der Waals surface area contributed by atoms with E-state index < -0.39 is 0 Å². The fourth-order valence-corrected chi connectivity index (χ4v) is 5.35. The smallest absolute Gasteiger partial charge is 0.227 e. The number of imidazole rings is 1. The zero-order valence-corrected chi connectivity index (χ0v) is 20.6. The molecule has 1 saturated heterocycles. The van der Waals surface area contributed by atoms with Crippen molar-refractivity contribution in [1.29, 1.82) is 0 Å². The molecule has 6 heteroatoms. The molecule has 0 aliphatic carbocycles. The van der Waals surface area contributed by atoms with Gasteiger partial charge in [0.2, 0.25) is 5.91 Å². The molecule has 5 nitrogen and oxygen atoms in total. The van der Waals surface area contributed by atoms with Gasteiger partial charge in [-0.05, 0) is 42.1 Å². The predicted molar refractivity (Wildman–Crippen MR) is 145 cm³/mol. The highest BCUT2D eigenvalue weighted by Gasteiger charge is 2.35. The Morgan fingerprint density at radius 2 is 1.69 bits per heavy atom. The van der Waals surface area contributed by atoms with E-state index in [4.69, 9.17) is 21.3 Å². The summed E-state index contributed by atoms with van der Waals surface area (Å²) in [5, 5.41) is 2.85. The number of aryl methyl sites for hydroxylation is 1. The first kappa shape index (κ1) is 22.6. The first-order valence-electron chi connectivity index (χ1n) is 12.3. The van der Waals surface area contributed by atoms with Crippen LogP contribution in [-0.2, 0) is 11.3 Å². The molecule has 0 bridgehead atoms. The second-order valence-electron chi connectivity index (χ2n) is 9.15. The number of aromatic nitrogens is 2. The van der Waals surface area contributed by atoms with Gasteiger partial charge in [0, 0.05) is 30.8 Å². The van der Waals surface area contributed by atoms with Crippen molar-refractivity contribution in [2.24, 2.45) is 0 Å². The Morgan fingerprint density at radius 1 is 0.917 bits per heavy atom. The molecule has 4 aromatic carbocycles. The van der Waals surface area contributed by atoms with E-state index in [0.29, 0.717) is 30.3 Å². The summed E-state index contributed by atoms with van der Waals surface area (Å²) in [5.41, 5.74) is 3.01. The van der Waals surface area contributed by atoms with Crippen LogP contribution in [0.15, 0.2) is 91.0 Å². The summed E-state index contributed by atoms with van der Waals surface area (Å²) in [4.78, 5) is 20.2. The maximum Gasteiger partial charge on any atom is 0.227 e. The summed E-state index contributed by atoms with van der Waals surface area (Å²) in [6, 6.07) is 30.1. The van der Waals surface area contributed by atoms with Gasteiger partial charge in [-0.2, -0.15) is 0 Å². The Labute approximate surface area is 214 Å². The summed E-state index contributed by atoms with van der Waals surface area (Å²) in [7, 11) is 0. The van der Waals surface area contributed by atoms with Crippen molar-refractivity contribution in [3.63, 3.8) is 0 Å². The number of anilines is 1. The van der Waals surface area contributed by atoms with Gasteiger partial charge in [0.15, 0.2) is 0 Å². The first-order valence-corrected chi connectivity index (χ1v) is 12.7. The van der Waals surface area contributed by atoms with Crippen molar-refractivity contribution in [2.75, 3.05) is 18.1 Å². The molecule has 1 aliphatic heterocycles. The molecular weight excluding hydrogens is 470 g/mol. The minimum absolute atomic E-state index is 0.0216. The molecule has 1 aliphatic rings. The fraction of sp³-hybridized carbons (Fsp3) is 0.200. The third-order valence-corrected chi connectivity index (χ3v) is 7.16. The van der Waals surface area contributed by atoms with Gasteiger partial charge >= 0.3 is 0 Å². The van der Waals surface area contributed by atoms with Gasteiger partial charge in [-0.25, -0.2) is 4.98 Å². The van der Waals surface area contributed by atoms with Gasteiger partial charge in [0.05, 0.1) is 28.4 Å². The molecule has 1 amide bonds. The molecule has 2 heterocycles. The second kappa shape index (κ2) is 9.67. The minimum Gasteiger partial charge on any atom is -0.492 e. The molecule has 5 aromatic rings. The lowest BCUT2D eigenvalue weighted by Crippen LogP contribution is -2.24. The van der Waals surface area contributed by atoms with Crippen LogP contribution in [0.2, 0.25) is 5.02 Å². The fourth-order valence-electron chi connectivity index (χ4n) is 5.16. The van der Waals surface area contributed by atoms with Crippen LogP contribution >= 0.6 is 11.6 Å². The summed E-state index contributed by atoms with van der Waals surface area (Å²) in [6.45, 7) is 1.91. The largest absolute Gasteiger partial charge is 0.492 e. The monoisotopic (exact) mass is 495 g/mol. The Morgan fingerprint density at radius 3 is 2.61 bits per heavy atom. The number of hydrogen-bond acceptors (Lipinski definition) is 3. The molecule has 180 valence electrons. The molecule has 1 atom stereocenters.